The molecule has 0 saturated carbocycles. The van der Waals surface area contributed by atoms with Crippen molar-refractivity contribution in [1.29, 1.82) is 0 Å². The van der Waals surface area contributed by atoms with Crippen molar-refractivity contribution in [2.24, 2.45) is 5.73 Å². The van der Waals surface area contributed by atoms with Gasteiger partial charge < -0.3 is 15.2 Å². The molecule has 17 heavy (non-hydrogen) atoms. The Morgan fingerprint density at radius 2 is 2.06 bits per heavy atom. The highest BCUT2D eigenvalue weighted by molar-refractivity contribution is 6.30. The molecule has 0 heterocycles. The van der Waals surface area contributed by atoms with Crippen LogP contribution in [0.2, 0.25) is 5.02 Å². The van der Waals surface area contributed by atoms with Gasteiger partial charge in [-0.05, 0) is 25.8 Å². The molecule has 0 fully saturated rings. The van der Waals surface area contributed by atoms with Crippen LogP contribution < -0.4 is 15.2 Å². The van der Waals surface area contributed by atoms with E-state index < -0.39 is 0 Å². The average Bonchev–Trinajstić information content (AvgIpc) is 2.31. The Balaban J connectivity index is 3.10. The van der Waals surface area contributed by atoms with Crippen LogP contribution in [0.15, 0.2) is 12.1 Å². The summed E-state index contributed by atoms with van der Waals surface area (Å²) in [7, 11) is 1.61. The minimum Gasteiger partial charge on any atom is -0.493 e. The number of hydrogen-bond acceptors (Lipinski definition) is 3. The van der Waals surface area contributed by atoms with Crippen LogP contribution in [0.4, 0.5) is 0 Å². The van der Waals surface area contributed by atoms with E-state index in [2.05, 4.69) is 6.92 Å². The van der Waals surface area contributed by atoms with Crippen LogP contribution in [0.25, 0.3) is 0 Å². The Kier molecular flexibility index (Phi) is 5.59. The lowest BCUT2D eigenvalue weighted by molar-refractivity contribution is 0.307. The summed E-state index contributed by atoms with van der Waals surface area (Å²) in [5.74, 6) is 1.42. The molecule has 2 N–H and O–H groups in total. The van der Waals surface area contributed by atoms with Gasteiger partial charge >= 0.3 is 0 Å². The van der Waals surface area contributed by atoms with Gasteiger partial charge in [0.15, 0.2) is 11.5 Å². The van der Waals surface area contributed by atoms with E-state index in [0.29, 0.717) is 17.4 Å². The summed E-state index contributed by atoms with van der Waals surface area (Å²) in [5.41, 5.74) is 6.98. The molecule has 1 rings (SSSR count). The van der Waals surface area contributed by atoms with Crippen molar-refractivity contribution in [3.63, 3.8) is 0 Å². The van der Waals surface area contributed by atoms with E-state index in [-0.39, 0.29) is 6.04 Å². The zero-order chi connectivity index (χ0) is 12.8. The lowest BCUT2D eigenvalue weighted by atomic mass is 10.0. The molecule has 96 valence electrons. The number of halogens is 1. The molecule has 4 heteroatoms. The molecule has 0 aliphatic carbocycles. The van der Waals surface area contributed by atoms with Gasteiger partial charge in [0.25, 0.3) is 0 Å². The minimum atomic E-state index is 0.109. The quantitative estimate of drug-likeness (QED) is 0.852. The maximum atomic E-state index is 6.05. The SMILES string of the molecule is CCOc1c(CC(N)CC)cc(Cl)cc1OC. The smallest absolute Gasteiger partial charge is 0.164 e. The third-order valence-electron chi connectivity index (χ3n) is 2.61. The number of benzene rings is 1. The third kappa shape index (κ3) is 3.79. The Morgan fingerprint density at radius 1 is 1.35 bits per heavy atom. The van der Waals surface area contributed by atoms with Crippen LogP contribution in [-0.2, 0) is 6.42 Å². The first-order valence-corrected chi connectivity index (χ1v) is 6.24. The molecule has 1 aromatic rings. The molecule has 0 amide bonds. The highest BCUT2D eigenvalue weighted by atomic mass is 35.5. The van der Waals surface area contributed by atoms with Crippen molar-refractivity contribution in [3.8, 4) is 11.5 Å². The minimum absolute atomic E-state index is 0.109. The molecule has 0 aromatic heterocycles. The van der Waals surface area contributed by atoms with E-state index in [4.69, 9.17) is 26.8 Å². The van der Waals surface area contributed by atoms with Gasteiger partial charge in [-0.2, -0.15) is 0 Å². The van der Waals surface area contributed by atoms with Crippen LogP contribution in [0.1, 0.15) is 25.8 Å². The number of hydrogen-bond donors (Lipinski definition) is 1. The van der Waals surface area contributed by atoms with E-state index in [0.717, 1.165) is 24.2 Å². The zero-order valence-corrected chi connectivity index (χ0v) is 11.4. The van der Waals surface area contributed by atoms with Crippen molar-refractivity contribution < 1.29 is 9.47 Å². The number of ether oxygens (including phenoxy) is 2. The van der Waals surface area contributed by atoms with Crippen molar-refractivity contribution in [2.75, 3.05) is 13.7 Å². The molecular formula is C13H20ClNO2. The van der Waals surface area contributed by atoms with Crippen LogP contribution >= 0.6 is 11.6 Å². The summed E-state index contributed by atoms with van der Waals surface area (Å²) in [5, 5.41) is 0.642. The molecule has 0 aliphatic rings. The maximum absolute atomic E-state index is 6.05. The van der Waals surface area contributed by atoms with Gasteiger partial charge in [-0.3, -0.25) is 0 Å². The lowest BCUT2D eigenvalue weighted by Crippen LogP contribution is -2.21. The van der Waals surface area contributed by atoms with E-state index in [1.807, 2.05) is 13.0 Å². The molecule has 0 aliphatic heterocycles. The van der Waals surface area contributed by atoms with Gasteiger partial charge in [-0.15, -0.1) is 0 Å². The van der Waals surface area contributed by atoms with E-state index >= 15 is 0 Å². The largest absolute Gasteiger partial charge is 0.493 e. The van der Waals surface area contributed by atoms with Crippen molar-refractivity contribution in [2.45, 2.75) is 32.7 Å². The molecule has 0 radical (unpaired) electrons. The van der Waals surface area contributed by atoms with Gasteiger partial charge in [0, 0.05) is 22.7 Å². The second-order valence-electron chi connectivity index (χ2n) is 3.90. The summed E-state index contributed by atoms with van der Waals surface area (Å²) in [6, 6.07) is 3.76. The van der Waals surface area contributed by atoms with Gasteiger partial charge in [0.2, 0.25) is 0 Å². The second-order valence-corrected chi connectivity index (χ2v) is 4.34. The molecule has 0 bridgehead atoms. The molecule has 1 aromatic carbocycles. The third-order valence-corrected chi connectivity index (χ3v) is 2.83. The Hall–Kier alpha value is -0.930. The topological polar surface area (TPSA) is 44.5 Å². The van der Waals surface area contributed by atoms with Gasteiger partial charge in [-0.1, -0.05) is 18.5 Å². The van der Waals surface area contributed by atoms with E-state index in [9.17, 15) is 0 Å². The molecular weight excluding hydrogens is 238 g/mol. The summed E-state index contributed by atoms with van der Waals surface area (Å²) in [4.78, 5) is 0. The van der Waals surface area contributed by atoms with Crippen molar-refractivity contribution in [1.82, 2.24) is 0 Å². The first-order valence-electron chi connectivity index (χ1n) is 5.87. The maximum Gasteiger partial charge on any atom is 0.164 e. The fraction of sp³-hybridized carbons (Fsp3) is 0.538. The summed E-state index contributed by atoms with van der Waals surface area (Å²) in [6.45, 7) is 4.59. The highest BCUT2D eigenvalue weighted by Gasteiger charge is 2.14. The highest BCUT2D eigenvalue weighted by Crippen LogP contribution is 2.35. The first kappa shape index (κ1) is 14.1. The average molecular weight is 258 g/mol. The standard InChI is InChI=1S/C13H20ClNO2/c1-4-11(15)7-9-6-10(14)8-12(16-3)13(9)17-5-2/h6,8,11H,4-5,7,15H2,1-3H3. The monoisotopic (exact) mass is 257 g/mol. The van der Waals surface area contributed by atoms with Gasteiger partial charge in [0.1, 0.15) is 0 Å². The van der Waals surface area contributed by atoms with E-state index in [1.54, 1.807) is 13.2 Å². The number of methoxy groups -OCH3 is 1. The molecule has 0 saturated heterocycles. The normalized spacial score (nSPS) is 12.3. The van der Waals surface area contributed by atoms with Gasteiger partial charge in [-0.25, -0.2) is 0 Å². The van der Waals surface area contributed by atoms with Crippen LogP contribution in [0, 0.1) is 0 Å². The summed E-state index contributed by atoms with van der Waals surface area (Å²) >= 11 is 6.05. The fourth-order valence-corrected chi connectivity index (χ4v) is 1.89. The molecule has 0 spiro atoms. The Morgan fingerprint density at radius 3 is 2.59 bits per heavy atom. The van der Waals surface area contributed by atoms with Crippen molar-refractivity contribution in [3.05, 3.63) is 22.7 Å². The summed E-state index contributed by atoms with van der Waals surface area (Å²) in [6.07, 6.45) is 1.66. The summed E-state index contributed by atoms with van der Waals surface area (Å²) < 4.78 is 10.9. The van der Waals surface area contributed by atoms with Gasteiger partial charge in [0.05, 0.1) is 13.7 Å². The van der Waals surface area contributed by atoms with E-state index in [1.165, 1.54) is 0 Å². The lowest BCUT2D eigenvalue weighted by Gasteiger charge is -2.17. The predicted molar refractivity (Wildman–Crippen MR) is 71.1 cm³/mol. The Labute approximate surface area is 108 Å². The number of rotatable bonds is 6. The zero-order valence-electron chi connectivity index (χ0n) is 10.6. The van der Waals surface area contributed by atoms with Crippen LogP contribution in [-0.4, -0.2) is 19.8 Å². The Bertz CT molecular complexity index is 369. The van der Waals surface area contributed by atoms with Crippen LogP contribution in [0.3, 0.4) is 0 Å². The first-order chi connectivity index (χ1) is 8.12. The van der Waals surface area contributed by atoms with Crippen LogP contribution in [0.5, 0.6) is 11.5 Å². The fourth-order valence-electron chi connectivity index (χ4n) is 1.66. The second kappa shape index (κ2) is 6.72. The molecule has 1 atom stereocenters. The molecule has 1 unspecified atom stereocenters. The molecule has 3 nitrogen and oxygen atoms in total. The number of nitrogens with two attached hydrogens (primary N) is 1. The van der Waals surface area contributed by atoms with Crippen molar-refractivity contribution >= 4 is 11.6 Å². The predicted octanol–water partition coefficient (Wildman–Crippen LogP) is 3.03.